The second-order valence-electron chi connectivity index (χ2n) is 8.48. The molecule has 0 fully saturated rings. The van der Waals surface area contributed by atoms with Crippen LogP contribution in [0.4, 0.5) is 0 Å². The Kier molecular flexibility index (Phi) is 6.91. The summed E-state index contributed by atoms with van der Waals surface area (Å²) in [5.41, 5.74) is 1.42. The van der Waals surface area contributed by atoms with Gasteiger partial charge in [0.05, 0.1) is 35.4 Å². The zero-order valence-corrected chi connectivity index (χ0v) is 21.9. The summed E-state index contributed by atoms with van der Waals surface area (Å²) in [6.07, 6.45) is 2.30. The minimum Gasteiger partial charge on any atom is -0.493 e. The van der Waals surface area contributed by atoms with E-state index >= 15 is 0 Å². The molecular formula is C28H23Cl2N3O4. The number of methoxy groups -OCH3 is 1. The Balaban J connectivity index is 1.64. The summed E-state index contributed by atoms with van der Waals surface area (Å²) in [5.74, 6) is 1.56. The smallest absolute Gasteiger partial charge is 0.282 e. The summed E-state index contributed by atoms with van der Waals surface area (Å²) in [6, 6.07) is 17.6. The molecule has 188 valence electrons. The molecule has 0 amide bonds. The molecule has 7 nitrogen and oxygen atoms in total. The lowest BCUT2D eigenvalue weighted by Gasteiger charge is -2.17. The van der Waals surface area contributed by atoms with Gasteiger partial charge in [-0.15, -0.1) is 0 Å². The highest BCUT2D eigenvalue weighted by molar-refractivity contribution is 6.32. The van der Waals surface area contributed by atoms with Gasteiger partial charge in [-0.2, -0.15) is 9.78 Å². The lowest BCUT2D eigenvalue weighted by Crippen LogP contribution is -2.20. The van der Waals surface area contributed by atoms with Gasteiger partial charge in [-0.05, 0) is 67.4 Å². The molecule has 0 aliphatic heterocycles. The molecule has 1 atom stereocenters. The molecule has 0 unspecified atom stereocenters. The first kappa shape index (κ1) is 24.9. The molecule has 0 bridgehead atoms. The van der Waals surface area contributed by atoms with E-state index in [0.717, 1.165) is 11.8 Å². The molecule has 5 aromatic rings. The molecule has 0 radical (unpaired) electrons. The predicted molar refractivity (Wildman–Crippen MR) is 148 cm³/mol. The number of halogens is 2. The van der Waals surface area contributed by atoms with Gasteiger partial charge in [0.1, 0.15) is 5.58 Å². The number of benzene rings is 3. The zero-order chi connectivity index (χ0) is 26.1. The molecular weight excluding hydrogens is 513 g/mol. The van der Waals surface area contributed by atoms with Crippen molar-refractivity contribution in [3.8, 4) is 23.1 Å². The Hall–Kier alpha value is -3.81. The molecule has 0 saturated heterocycles. The second-order valence-corrected chi connectivity index (χ2v) is 9.32. The summed E-state index contributed by atoms with van der Waals surface area (Å²) < 4.78 is 18.7. The largest absolute Gasteiger partial charge is 0.493 e. The quantitative estimate of drug-likeness (QED) is 0.206. The molecule has 0 aliphatic rings. The van der Waals surface area contributed by atoms with Gasteiger partial charge in [0, 0.05) is 10.4 Å². The van der Waals surface area contributed by atoms with Crippen LogP contribution in [0.2, 0.25) is 10.0 Å². The van der Waals surface area contributed by atoms with Gasteiger partial charge < -0.3 is 13.9 Å². The van der Waals surface area contributed by atoms with Gasteiger partial charge in [0.25, 0.3) is 5.56 Å². The lowest BCUT2D eigenvalue weighted by molar-refractivity contribution is 0.208. The Morgan fingerprint density at radius 1 is 1.14 bits per heavy atom. The molecule has 2 aromatic heterocycles. The molecule has 5 rings (SSSR count). The van der Waals surface area contributed by atoms with Crippen LogP contribution in [0.5, 0.6) is 11.5 Å². The first-order valence-electron chi connectivity index (χ1n) is 11.7. The number of para-hydroxylation sites is 1. The summed E-state index contributed by atoms with van der Waals surface area (Å²) >= 11 is 12.7. The van der Waals surface area contributed by atoms with Crippen molar-refractivity contribution in [2.24, 2.45) is 5.10 Å². The van der Waals surface area contributed by atoms with Crippen LogP contribution in [0.15, 0.2) is 75.0 Å². The number of hydrogen-bond acceptors (Lipinski definition) is 6. The van der Waals surface area contributed by atoms with Crippen molar-refractivity contribution in [1.82, 2.24) is 9.66 Å². The van der Waals surface area contributed by atoms with E-state index in [1.807, 2.05) is 19.9 Å². The summed E-state index contributed by atoms with van der Waals surface area (Å²) in [4.78, 5) is 18.2. The van der Waals surface area contributed by atoms with E-state index in [4.69, 9.17) is 42.1 Å². The molecule has 0 aliphatic carbocycles. The molecule has 2 heterocycles. The summed E-state index contributed by atoms with van der Waals surface area (Å²) in [7, 11) is 1.54. The number of ether oxygens (including phenoxy) is 2. The van der Waals surface area contributed by atoms with Gasteiger partial charge in [0.15, 0.2) is 17.3 Å². The molecule has 0 spiro atoms. The van der Waals surface area contributed by atoms with E-state index in [9.17, 15) is 4.79 Å². The Morgan fingerprint density at radius 3 is 2.73 bits per heavy atom. The van der Waals surface area contributed by atoms with Crippen LogP contribution in [0.1, 0.15) is 25.8 Å². The van der Waals surface area contributed by atoms with Gasteiger partial charge in [-0.1, -0.05) is 42.3 Å². The van der Waals surface area contributed by atoms with Crippen LogP contribution in [-0.2, 0) is 0 Å². The highest BCUT2D eigenvalue weighted by Crippen LogP contribution is 2.37. The maximum atomic E-state index is 13.5. The molecule has 37 heavy (non-hydrogen) atoms. The van der Waals surface area contributed by atoms with Crippen LogP contribution < -0.4 is 15.0 Å². The van der Waals surface area contributed by atoms with Crippen LogP contribution in [0.3, 0.4) is 0 Å². The fourth-order valence-electron chi connectivity index (χ4n) is 3.85. The normalized spacial score (nSPS) is 12.5. The van der Waals surface area contributed by atoms with E-state index in [1.54, 1.807) is 61.7 Å². The molecule has 3 aromatic carbocycles. The highest BCUT2D eigenvalue weighted by atomic mass is 35.5. The number of nitrogens with zero attached hydrogens (tertiary/aromatic N) is 3. The fourth-order valence-corrected chi connectivity index (χ4v) is 4.30. The van der Waals surface area contributed by atoms with Crippen molar-refractivity contribution in [1.29, 1.82) is 0 Å². The maximum absolute atomic E-state index is 13.5. The minimum absolute atomic E-state index is 0.0329. The van der Waals surface area contributed by atoms with Crippen LogP contribution in [-0.4, -0.2) is 29.1 Å². The summed E-state index contributed by atoms with van der Waals surface area (Å²) in [6.45, 7) is 3.98. The number of furan rings is 1. The SMILES string of the molecule is CC[C@@H](C)Oc1c(Cl)cc(C=Nn2c(-c3cc4cc(Cl)ccc4o3)nc3ccccc3c2=O)cc1OC. The third-order valence-electron chi connectivity index (χ3n) is 5.92. The zero-order valence-electron chi connectivity index (χ0n) is 20.4. The van der Waals surface area contributed by atoms with E-state index in [-0.39, 0.29) is 17.5 Å². The van der Waals surface area contributed by atoms with E-state index < -0.39 is 0 Å². The first-order valence-corrected chi connectivity index (χ1v) is 12.4. The van der Waals surface area contributed by atoms with Gasteiger partial charge in [-0.3, -0.25) is 4.79 Å². The Labute approximate surface area is 222 Å². The van der Waals surface area contributed by atoms with Gasteiger partial charge in [-0.25, -0.2) is 4.98 Å². The highest BCUT2D eigenvalue weighted by Gasteiger charge is 2.18. The molecule has 9 heteroatoms. The predicted octanol–water partition coefficient (Wildman–Crippen LogP) is 7.18. The second kappa shape index (κ2) is 10.3. The van der Waals surface area contributed by atoms with Crippen molar-refractivity contribution in [3.05, 3.63) is 86.6 Å². The van der Waals surface area contributed by atoms with E-state index in [1.165, 1.54) is 10.9 Å². The third-order valence-corrected chi connectivity index (χ3v) is 6.44. The number of hydrogen-bond donors (Lipinski definition) is 0. The van der Waals surface area contributed by atoms with Crippen molar-refractivity contribution in [2.75, 3.05) is 7.11 Å². The van der Waals surface area contributed by atoms with Crippen molar-refractivity contribution >= 4 is 51.3 Å². The van der Waals surface area contributed by atoms with Crippen LogP contribution in [0, 0.1) is 0 Å². The van der Waals surface area contributed by atoms with Crippen LogP contribution in [0.25, 0.3) is 33.5 Å². The Bertz CT molecular complexity index is 1710. The fraction of sp³-hybridized carbons (Fsp3) is 0.179. The third kappa shape index (κ3) is 4.92. The summed E-state index contributed by atoms with van der Waals surface area (Å²) in [5, 5.41) is 6.65. The van der Waals surface area contributed by atoms with E-state index in [0.29, 0.717) is 49.4 Å². The average molecular weight is 536 g/mol. The van der Waals surface area contributed by atoms with Gasteiger partial charge in [0.2, 0.25) is 5.82 Å². The molecule has 0 N–H and O–H groups in total. The Morgan fingerprint density at radius 2 is 1.95 bits per heavy atom. The average Bonchev–Trinajstić information content (AvgIpc) is 3.32. The number of rotatable bonds is 7. The molecule has 0 saturated carbocycles. The van der Waals surface area contributed by atoms with Gasteiger partial charge >= 0.3 is 0 Å². The minimum atomic E-state index is -0.342. The van der Waals surface area contributed by atoms with E-state index in [2.05, 4.69) is 5.10 Å². The lowest BCUT2D eigenvalue weighted by atomic mass is 10.2. The maximum Gasteiger partial charge on any atom is 0.282 e. The topological polar surface area (TPSA) is 78.9 Å². The number of fused-ring (bicyclic) bond motifs is 2. The van der Waals surface area contributed by atoms with Crippen LogP contribution >= 0.6 is 23.2 Å². The van der Waals surface area contributed by atoms with Crippen molar-refractivity contribution in [2.45, 2.75) is 26.4 Å². The monoisotopic (exact) mass is 535 g/mol. The standard InChI is InChI=1S/C28H23Cl2N3O4/c1-4-16(2)36-26-21(30)11-17(12-24(26)35-3)15-31-33-27(32-22-8-6-5-7-20(22)28(33)34)25-14-18-13-19(29)9-10-23(18)37-25/h5-16H,4H2,1-3H3/t16-/m1/s1. The van der Waals surface area contributed by atoms with Crippen molar-refractivity contribution < 1.29 is 13.9 Å². The number of aromatic nitrogens is 2. The van der Waals surface area contributed by atoms with Crippen molar-refractivity contribution in [3.63, 3.8) is 0 Å². The first-order chi connectivity index (χ1) is 17.9.